The van der Waals surface area contributed by atoms with E-state index >= 15 is 0 Å². The number of hydrogen-bond acceptors (Lipinski definition) is 4. The van der Waals surface area contributed by atoms with Gasteiger partial charge in [-0.15, -0.1) is 0 Å². The Kier molecular flexibility index (Phi) is 5.97. The number of allylic oxidation sites excluding steroid dienone is 1. The van der Waals surface area contributed by atoms with E-state index in [0.717, 1.165) is 36.8 Å². The molecule has 28 heavy (non-hydrogen) atoms. The van der Waals surface area contributed by atoms with Gasteiger partial charge in [0.05, 0.1) is 11.8 Å². The van der Waals surface area contributed by atoms with Crippen molar-refractivity contribution >= 4 is 11.9 Å². The van der Waals surface area contributed by atoms with Gasteiger partial charge in [-0.25, -0.2) is 0 Å². The van der Waals surface area contributed by atoms with Crippen molar-refractivity contribution in [3.8, 4) is 0 Å². The summed E-state index contributed by atoms with van der Waals surface area (Å²) in [6.07, 6.45) is 5.32. The number of fused-ring (bicyclic) bond motifs is 1. The summed E-state index contributed by atoms with van der Waals surface area (Å²) in [7, 11) is 0. The molecule has 152 valence electrons. The van der Waals surface area contributed by atoms with Gasteiger partial charge in [-0.3, -0.25) is 9.59 Å². The van der Waals surface area contributed by atoms with E-state index in [4.69, 9.17) is 9.47 Å². The molecule has 1 aliphatic heterocycles. The Morgan fingerprint density at radius 2 is 1.96 bits per heavy atom. The zero-order valence-electron chi connectivity index (χ0n) is 17.5. The third-order valence-corrected chi connectivity index (χ3v) is 6.19. The molecular formula is C24H32O4. The van der Waals surface area contributed by atoms with E-state index in [2.05, 4.69) is 33.8 Å². The van der Waals surface area contributed by atoms with Crippen LogP contribution >= 0.6 is 0 Å². The summed E-state index contributed by atoms with van der Waals surface area (Å²) in [4.78, 5) is 25.3. The van der Waals surface area contributed by atoms with E-state index < -0.39 is 11.5 Å². The summed E-state index contributed by atoms with van der Waals surface area (Å²) < 4.78 is 11.2. The molecule has 1 fully saturated rings. The minimum absolute atomic E-state index is 0.0900. The summed E-state index contributed by atoms with van der Waals surface area (Å²) in [6, 6.07) is 9.61. The molecule has 1 saturated heterocycles. The fourth-order valence-corrected chi connectivity index (χ4v) is 4.53. The summed E-state index contributed by atoms with van der Waals surface area (Å²) in [6.45, 7) is 9.01. The van der Waals surface area contributed by atoms with Gasteiger partial charge >= 0.3 is 11.9 Å². The Hall–Kier alpha value is -2.10. The van der Waals surface area contributed by atoms with Crippen LogP contribution in [-0.2, 0) is 25.7 Å². The predicted octanol–water partition coefficient (Wildman–Crippen LogP) is 5.21. The van der Waals surface area contributed by atoms with Crippen LogP contribution in [0.3, 0.4) is 0 Å². The van der Waals surface area contributed by atoms with Gasteiger partial charge in [0.1, 0.15) is 12.7 Å². The van der Waals surface area contributed by atoms with Crippen molar-refractivity contribution in [2.45, 2.75) is 72.5 Å². The first-order chi connectivity index (χ1) is 13.3. The number of carbonyl (C=O) groups is 2. The number of hydrogen-bond donors (Lipinski definition) is 0. The van der Waals surface area contributed by atoms with Gasteiger partial charge in [-0.1, -0.05) is 70.5 Å². The van der Waals surface area contributed by atoms with Crippen LogP contribution in [0.15, 0.2) is 42.0 Å². The minimum Gasteiger partial charge on any atom is -0.461 e. The molecule has 0 saturated carbocycles. The molecule has 1 aromatic rings. The number of rotatable bonds is 6. The first-order valence-corrected chi connectivity index (χ1v) is 10.4. The second-order valence-electron chi connectivity index (χ2n) is 9.21. The van der Waals surface area contributed by atoms with Crippen molar-refractivity contribution in [3.63, 3.8) is 0 Å². The Bertz CT molecular complexity index is 744. The highest BCUT2D eigenvalue weighted by atomic mass is 16.6. The predicted molar refractivity (Wildman–Crippen MR) is 108 cm³/mol. The average molecular weight is 385 g/mol. The van der Waals surface area contributed by atoms with Crippen molar-refractivity contribution in [1.29, 1.82) is 0 Å². The van der Waals surface area contributed by atoms with Crippen LogP contribution in [0.4, 0.5) is 0 Å². The van der Waals surface area contributed by atoms with Crippen LogP contribution in [-0.4, -0.2) is 18.0 Å². The van der Waals surface area contributed by atoms with E-state index in [1.54, 1.807) is 0 Å². The Morgan fingerprint density at radius 3 is 2.61 bits per heavy atom. The number of ether oxygens (including phenoxy) is 2. The largest absolute Gasteiger partial charge is 0.461 e. The maximum Gasteiger partial charge on any atom is 0.316 e. The monoisotopic (exact) mass is 384 g/mol. The van der Waals surface area contributed by atoms with Gasteiger partial charge in [-0.2, -0.15) is 0 Å². The molecule has 1 unspecified atom stereocenters. The Labute approximate surface area is 168 Å². The van der Waals surface area contributed by atoms with Gasteiger partial charge in [-0.05, 0) is 41.7 Å². The summed E-state index contributed by atoms with van der Waals surface area (Å²) in [5, 5.41) is 0. The van der Waals surface area contributed by atoms with Crippen LogP contribution < -0.4 is 0 Å². The van der Waals surface area contributed by atoms with Crippen LogP contribution in [0.25, 0.3) is 0 Å². The van der Waals surface area contributed by atoms with Crippen LogP contribution in [0, 0.1) is 16.7 Å². The number of carbonyl (C=O) groups excluding carboxylic acids is 2. The van der Waals surface area contributed by atoms with Crippen molar-refractivity contribution in [1.82, 2.24) is 0 Å². The second-order valence-corrected chi connectivity index (χ2v) is 9.21. The van der Waals surface area contributed by atoms with Crippen LogP contribution in [0.1, 0.15) is 65.4 Å². The van der Waals surface area contributed by atoms with Gasteiger partial charge < -0.3 is 9.47 Å². The molecule has 2 aliphatic rings. The van der Waals surface area contributed by atoms with Crippen molar-refractivity contribution in [3.05, 3.63) is 47.5 Å². The quantitative estimate of drug-likeness (QED) is 0.499. The Morgan fingerprint density at radius 1 is 1.25 bits per heavy atom. The molecule has 1 aliphatic carbocycles. The number of benzene rings is 1. The molecule has 1 aromatic carbocycles. The average Bonchev–Trinajstić information content (AvgIpc) is 2.91. The zero-order chi connectivity index (χ0) is 20.4. The summed E-state index contributed by atoms with van der Waals surface area (Å²) in [5.74, 6) is -0.105. The van der Waals surface area contributed by atoms with Crippen molar-refractivity contribution in [2.75, 3.05) is 0 Å². The SMILES string of the molecule is CCC[C@]12CC[C@@H](C(C)(C)C)C=C1C(CC(=O)OCc1ccccc1)OC2=O. The highest BCUT2D eigenvalue weighted by Gasteiger charge is 2.55. The highest BCUT2D eigenvalue weighted by molar-refractivity contribution is 5.86. The van der Waals surface area contributed by atoms with Gasteiger partial charge in [0.25, 0.3) is 0 Å². The maximum absolute atomic E-state index is 12.8. The molecule has 4 nitrogen and oxygen atoms in total. The van der Waals surface area contributed by atoms with E-state index in [1.807, 2.05) is 30.3 Å². The van der Waals surface area contributed by atoms with Crippen molar-refractivity contribution in [2.24, 2.45) is 16.7 Å². The van der Waals surface area contributed by atoms with Gasteiger partial charge in [0, 0.05) is 0 Å². The first-order valence-electron chi connectivity index (χ1n) is 10.4. The van der Waals surface area contributed by atoms with E-state index in [-0.39, 0.29) is 30.4 Å². The summed E-state index contributed by atoms with van der Waals surface area (Å²) >= 11 is 0. The normalized spacial score (nSPS) is 27.0. The molecule has 3 rings (SSSR count). The lowest BCUT2D eigenvalue weighted by Crippen LogP contribution is -2.35. The summed E-state index contributed by atoms with van der Waals surface area (Å²) in [5.41, 5.74) is 1.54. The molecule has 4 heteroatoms. The third kappa shape index (κ3) is 4.16. The lowest BCUT2D eigenvalue weighted by Gasteiger charge is -2.38. The lowest BCUT2D eigenvalue weighted by atomic mass is 9.63. The molecule has 0 bridgehead atoms. The van der Waals surface area contributed by atoms with Crippen LogP contribution in [0.5, 0.6) is 0 Å². The number of cyclic esters (lactones) is 1. The molecule has 0 aromatic heterocycles. The second kappa shape index (κ2) is 8.10. The molecule has 0 radical (unpaired) electrons. The molecule has 0 spiro atoms. The number of esters is 2. The Balaban J connectivity index is 1.75. The standard InChI is InChI=1S/C24H32O4/c1-5-12-24-13-11-18(23(2,3)4)14-19(24)20(28-22(24)26)15-21(25)27-16-17-9-7-6-8-10-17/h6-10,14,18,20H,5,11-13,15-16H2,1-4H3/t18-,20?,24+/m1/s1. The molecular weight excluding hydrogens is 352 g/mol. The minimum atomic E-state index is -0.541. The zero-order valence-corrected chi connectivity index (χ0v) is 17.5. The fourth-order valence-electron chi connectivity index (χ4n) is 4.53. The van der Waals surface area contributed by atoms with E-state index in [0.29, 0.717) is 5.92 Å². The smallest absolute Gasteiger partial charge is 0.316 e. The third-order valence-electron chi connectivity index (χ3n) is 6.19. The first kappa shape index (κ1) is 20.6. The van der Waals surface area contributed by atoms with E-state index in [9.17, 15) is 9.59 Å². The highest BCUT2D eigenvalue weighted by Crippen LogP contribution is 2.53. The molecule has 3 atom stereocenters. The molecule has 0 amide bonds. The lowest BCUT2D eigenvalue weighted by molar-refractivity contribution is -0.153. The topological polar surface area (TPSA) is 52.6 Å². The maximum atomic E-state index is 12.8. The molecule has 1 heterocycles. The van der Waals surface area contributed by atoms with Crippen molar-refractivity contribution < 1.29 is 19.1 Å². The van der Waals surface area contributed by atoms with E-state index in [1.165, 1.54) is 0 Å². The molecule has 0 N–H and O–H groups in total. The van der Waals surface area contributed by atoms with Crippen LogP contribution in [0.2, 0.25) is 0 Å². The van der Waals surface area contributed by atoms with Gasteiger partial charge in [0.15, 0.2) is 0 Å². The fraction of sp³-hybridized carbons (Fsp3) is 0.583. The van der Waals surface area contributed by atoms with Gasteiger partial charge in [0.2, 0.25) is 0 Å².